The molecule has 3 amide bonds. The van der Waals surface area contributed by atoms with Crippen LogP contribution in [0.4, 0.5) is 18.9 Å². The van der Waals surface area contributed by atoms with E-state index >= 15 is 0 Å². The molecule has 8 nitrogen and oxygen atoms in total. The number of nitrogens with one attached hydrogen (secondary N) is 3. The second kappa shape index (κ2) is 14.4. The van der Waals surface area contributed by atoms with Crippen molar-refractivity contribution in [1.29, 1.82) is 0 Å². The van der Waals surface area contributed by atoms with E-state index in [2.05, 4.69) is 22.5 Å². The van der Waals surface area contributed by atoms with Gasteiger partial charge in [-0.25, -0.2) is 0 Å². The summed E-state index contributed by atoms with van der Waals surface area (Å²) in [4.78, 5) is 38.1. The van der Waals surface area contributed by atoms with E-state index in [4.69, 9.17) is 21.1 Å². The minimum atomic E-state index is -4.25. The van der Waals surface area contributed by atoms with Crippen LogP contribution in [0.2, 0.25) is 5.02 Å². The lowest BCUT2D eigenvalue weighted by Gasteiger charge is -2.30. The van der Waals surface area contributed by atoms with Crippen LogP contribution in [0.1, 0.15) is 58.9 Å². The first kappa shape index (κ1) is 32.0. The molecule has 0 atom stereocenters. The molecule has 0 aliphatic heterocycles. The number of hydrogen-bond donors (Lipinski definition) is 3. The predicted octanol–water partition coefficient (Wildman–Crippen LogP) is 5.66. The SMILES string of the molecule is C=C(C)C(=O)NCc1ccc(Cl)c(C(=O)Nc2ccc(OCCOC)c(C(=O)N[C@H]3CC[C@H](C(F)(F)F)CC3)c2)c1. The fraction of sp³-hybridized carbons (Fsp3) is 0.414. The summed E-state index contributed by atoms with van der Waals surface area (Å²) < 4.78 is 49.8. The maximum Gasteiger partial charge on any atom is 0.391 e. The van der Waals surface area contributed by atoms with Crippen molar-refractivity contribution >= 4 is 35.0 Å². The number of methoxy groups -OCH3 is 1. The van der Waals surface area contributed by atoms with Crippen LogP contribution in [0.25, 0.3) is 0 Å². The van der Waals surface area contributed by atoms with E-state index in [9.17, 15) is 27.6 Å². The topological polar surface area (TPSA) is 106 Å². The molecule has 0 unspecified atom stereocenters. The molecular weight excluding hydrogens is 563 g/mol. The minimum absolute atomic E-state index is 0.0571. The number of alkyl halides is 3. The van der Waals surface area contributed by atoms with Crippen molar-refractivity contribution in [3.63, 3.8) is 0 Å². The largest absolute Gasteiger partial charge is 0.490 e. The molecule has 0 radical (unpaired) electrons. The molecule has 0 aromatic heterocycles. The summed E-state index contributed by atoms with van der Waals surface area (Å²) in [5, 5.41) is 8.39. The number of hydrogen-bond acceptors (Lipinski definition) is 5. The van der Waals surface area contributed by atoms with Crippen molar-refractivity contribution in [2.24, 2.45) is 5.92 Å². The number of amides is 3. The molecule has 0 heterocycles. The van der Waals surface area contributed by atoms with Crippen molar-refractivity contribution in [3.05, 3.63) is 70.3 Å². The molecule has 0 bridgehead atoms. The van der Waals surface area contributed by atoms with Crippen molar-refractivity contribution < 1.29 is 37.0 Å². The van der Waals surface area contributed by atoms with E-state index in [-0.39, 0.29) is 78.9 Å². The summed E-state index contributed by atoms with van der Waals surface area (Å²) in [6.45, 7) is 5.74. The van der Waals surface area contributed by atoms with Gasteiger partial charge in [0.15, 0.2) is 0 Å². The van der Waals surface area contributed by atoms with Gasteiger partial charge in [0.05, 0.1) is 28.7 Å². The summed E-state index contributed by atoms with van der Waals surface area (Å²) >= 11 is 6.27. The fourth-order valence-corrected chi connectivity index (χ4v) is 4.57. The van der Waals surface area contributed by atoms with Crippen molar-refractivity contribution in [2.45, 2.75) is 51.4 Å². The lowest BCUT2D eigenvalue weighted by atomic mass is 9.85. The predicted molar refractivity (Wildman–Crippen MR) is 149 cm³/mol. The van der Waals surface area contributed by atoms with Crippen LogP contribution in [0.3, 0.4) is 0 Å². The molecule has 41 heavy (non-hydrogen) atoms. The van der Waals surface area contributed by atoms with E-state index in [0.717, 1.165) is 0 Å². The first-order valence-electron chi connectivity index (χ1n) is 13.1. The van der Waals surface area contributed by atoms with E-state index in [0.29, 0.717) is 11.1 Å². The molecule has 2 aromatic carbocycles. The highest BCUT2D eigenvalue weighted by Gasteiger charge is 2.41. The second-order valence-corrected chi connectivity index (χ2v) is 10.3. The van der Waals surface area contributed by atoms with Gasteiger partial charge in [0, 0.05) is 31.0 Å². The smallest absolute Gasteiger partial charge is 0.391 e. The molecule has 12 heteroatoms. The molecule has 3 rings (SSSR count). The summed E-state index contributed by atoms with van der Waals surface area (Å²) in [5.74, 6) is -2.53. The van der Waals surface area contributed by atoms with Crippen LogP contribution in [0.5, 0.6) is 5.75 Å². The van der Waals surface area contributed by atoms with Gasteiger partial charge in [0.2, 0.25) is 5.91 Å². The van der Waals surface area contributed by atoms with Crippen LogP contribution in [-0.4, -0.2) is 50.3 Å². The molecule has 0 spiro atoms. The van der Waals surface area contributed by atoms with Crippen molar-refractivity contribution in [2.75, 3.05) is 25.6 Å². The van der Waals surface area contributed by atoms with Crippen LogP contribution in [0, 0.1) is 5.92 Å². The Morgan fingerprint density at radius 1 is 1.00 bits per heavy atom. The van der Waals surface area contributed by atoms with Crippen molar-refractivity contribution in [1.82, 2.24) is 10.6 Å². The van der Waals surface area contributed by atoms with Gasteiger partial charge in [-0.05, 0) is 68.5 Å². The fourth-order valence-electron chi connectivity index (χ4n) is 4.36. The van der Waals surface area contributed by atoms with Crippen LogP contribution in [-0.2, 0) is 16.1 Å². The maximum atomic E-state index is 13.2. The Bertz CT molecular complexity index is 1280. The van der Waals surface area contributed by atoms with E-state index < -0.39 is 30.0 Å². The van der Waals surface area contributed by atoms with Crippen LogP contribution < -0.4 is 20.7 Å². The van der Waals surface area contributed by atoms with Gasteiger partial charge in [-0.15, -0.1) is 0 Å². The Labute approximate surface area is 241 Å². The van der Waals surface area contributed by atoms with Gasteiger partial charge in [-0.2, -0.15) is 13.2 Å². The molecular formula is C29H33ClF3N3O5. The Kier molecular flexibility index (Phi) is 11.2. The molecule has 1 aliphatic carbocycles. The number of benzene rings is 2. The standard InChI is InChI=1S/C29H33ClF3N3O5/c1-17(2)26(37)34-16-18-4-10-24(30)22(14-18)27(38)36-21-9-11-25(41-13-12-40-3)23(15-21)28(39)35-20-7-5-19(6-8-20)29(31,32)33/h4,9-11,14-15,19-20H,1,5-8,12-13,16H2,2-3H3,(H,34,37)(H,35,39)(H,36,38)/t19-,20-. The Balaban J connectivity index is 1.75. The normalized spacial score (nSPS) is 16.9. The zero-order chi connectivity index (χ0) is 30.2. The second-order valence-electron chi connectivity index (χ2n) is 9.85. The highest BCUT2D eigenvalue weighted by atomic mass is 35.5. The minimum Gasteiger partial charge on any atom is -0.490 e. The Morgan fingerprint density at radius 3 is 2.34 bits per heavy atom. The third kappa shape index (κ3) is 9.22. The number of halogens is 4. The molecule has 2 aromatic rings. The van der Waals surface area contributed by atoms with Gasteiger partial charge in [0.25, 0.3) is 11.8 Å². The van der Waals surface area contributed by atoms with Gasteiger partial charge in [0.1, 0.15) is 12.4 Å². The van der Waals surface area contributed by atoms with Gasteiger partial charge in [-0.3, -0.25) is 14.4 Å². The molecule has 1 aliphatic rings. The summed E-state index contributed by atoms with van der Waals surface area (Å²) in [6.07, 6.45) is -3.95. The third-order valence-electron chi connectivity index (χ3n) is 6.67. The zero-order valence-electron chi connectivity index (χ0n) is 22.8. The van der Waals surface area contributed by atoms with E-state index in [1.807, 2.05) is 0 Å². The first-order chi connectivity index (χ1) is 19.4. The average Bonchev–Trinajstić information content (AvgIpc) is 2.92. The average molecular weight is 596 g/mol. The van der Waals surface area contributed by atoms with Crippen LogP contribution in [0.15, 0.2) is 48.6 Å². The molecule has 222 valence electrons. The van der Waals surface area contributed by atoms with Gasteiger partial charge in [-0.1, -0.05) is 24.2 Å². The third-order valence-corrected chi connectivity index (χ3v) is 7.00. The molecule has 1 fully saturated rings. The zero-order valence-corrected chi connectivity index (χ0v) is 23.6. The van der Waals surface area contributed by atoms with Crippen LogP contribution >= 0.6 is 11.6 Å². The van der Waals surface area contributed by atoms with Gasteiger partial charge < -0.3 is 25.4 Å². The summed E-state index contributed by atoms with van der Waals surface area (Å²) in [7, 11) is 1.50. The summed E-state index contributed by atoms with van der Waals surface area (Å²) in [5.41, 5.74) is 1.52. The lowest BCUT2D eigenvalue weighted by Crippen LogP contribution is -2.40. The van der Waals surface area contributed by atoms with E-state index in [1.54, 1.807) is 25.1 Å². The molecule has 0 saturated heterocycles. The van der Waals surface area contributed by atoms with Gasteiger partial charge >= 0.3 is 6.18 Å². The Morgan fingerprint density at radius 2 is 1.71 bits per heavy atom. The number of carbonyl (C=O) groups excluding carboxylic acids is 3. The first-order valence-corrected chi connectivity index (χ1v) is 13.4. The summed E-state index contributed by atoms with van der Waals surface area (Å²) in [6, 6.07) is 8.85. The highest BCUT2D eigenvalue weighted by Crippen LogP contribution is 2.37. The molecule has 3 N–H and O–H groups in total. The number of rotatable bonds is 11. The maximum absolute atomic E-state index is 13.2. The monoisotopic (exact) mass is 595 g/mol. The number of ether oxygens (including phenoxy) is 2. The lowest BCUT2D eigenvalue weighted by molar-refractivity contribution is -0.182. The highest BCUT2D eigenvalue weighted by molar-refractivity contribution is 6.34. The molecule has 1 saturated carbocycles. The van der Waals surface area contributed by atoms with Crippen molar-refractivity contribution in [3.8, 4) is 5.75 Å². The quantitative estimate of drug-likeness (QED) is 0.230. The Hall–Kier alpha value is -3.57. The van der Waals surface area contributed by atoms with E-state index in [1.165, 1.54) is 25.3 Å². The number of anilines is 1. The number of carbonyl (C=O) groups is 3.